The lowest BCUT2D eigenvalue weighted by Crippen LogP contribution is -2.00. The number of rotatable bonds is 7. The molecule has 1 heteroatoms. The topological polar surface area (TPSA) is 0 Å². The van der Waals surface area contributed by atoms with Crippen LogP contribution in [0.4, 0.5) is 0 Å². The van der Waals surface area contributed by atoms with Gasteiger partial charge in [-0.2, -0.15) is 0 Å². The number of hydrogen-bond acceptors (Lipinski definition) is 0. The predicted octanol–water partition coefficient (Wildman–Crippen LogP) is 4.61. The molecule has 0 aromatic heterocycles. The van der Waals surface area contributed by atoms with Crippen molar-refractivity contribution in [2.24, 2.45) is 5.92 Å². The molecule has 0 fully saturated rings. The minimum absolute atomic E-state index is 0.416. The van der Waals surface area contributed by atoms with Gasteiger partial charge in [0.15, 0.2) is 0 Å². The highest BCUT2D eigenvalue weighted by molar-refractivity contribution is 6.20. The van der Waals surface area contributed by atoms with Crippen LogP contribution in [0.1, 0.15) is 59.3 Å². The van der Waals surface area contributed by atoms with Crippen molar-refractivity contribution in [2.75, 3.05) is 0 Å². The number of hydrogen-bond donors (Lipinski definition) is 0. The molecule has 0 radical (unpaired) electrons. The van der Waals surface area contributed by atoms with Gasteiger partial charge in [0, 0.05) is 5.38 Å². The van der Waals surface area contributed by atoms with Gasteiger partial charge in [0.25, 0.3) is 0 Å². The van der Waals surface area contributed by atoms with Crippen molar-refractivity contribution in [2.45, 2.75) is 64.7 Å². The molecule has 0 N–H and O–H groups in total. The molecular weight excluding hydrogens is 168 g/mol. The van der Waals surface area contributed by atoms with Gasteiger partial charge in [-0.25, -0.2) is 0 Å². The molecule has 0 aromatic rings. The molecule has 0 amide bonds. The predicted molar refractivity (Wildman–Crippen MR) is 57.9 cm³/mol. The SMILES string of the molecule is CCC(Cl)CCCC(CC)CC. The van der Waals surface area contributed by atoms with E-state index in [4.69, 9.17) is 11.6 Å². The Hall–Kier alpha value is 0.290. The maximum Gasteiger partial charge on any atom is 0.0333 e. The van der Waals surface area contributed by atoms with E-state index >= 15 is 0 Å². The van der Waals surface area contributed by atoms with Crippen LogP contribution in [0.5, 0.6) is 0 Å². The van der Waals surface area contributed by atoms with Crippen LogP contribution in [-0.2, 0) is 0 Å². The third kappa shape index (κ3) is 5.88. The minimum atomic E-state index is 0.416. The molecule has 0 aromatic carbocycles. The van der Waals surface area contributed by atoms with Crippen LogP contribution in [0.2, 0.25) is 0 Å². The first-order chi connectivity index (χ1) is 5.74. The quantitative estimate of drug-likeness (QED) is 0.515. The maximum atomic E-state index is 6.04. The van der Waals surface area contributed by atoms with Gasteiger partial charge < -0.3 is 0 Å². The van der Waals surface area contributed by atoms with Crippen molar-refractivity contribution >= 4 is 11.6 Å². The monoisotopic (exact) mass is 190 g/mol. The summed E-state index contributed by atoms with van der Waals surface area (Å²) in [6.07, 6.45) is 7.66. The number of alkyl halides is 1. The largest absolute Gasteiger partial charge is 0.123 e. The zero-order chi connectivity index (χ0) is 9.40. The highest BCUT2D eigenvalue weighted by Gasteiger charge is 2.05. The smallest absolute Gasteiger partial charge is 0.0333 e. The van der Waals surface area contributed by atoms with Crippen LogP contribution in [-0.4, -0.2) is 5.38 Å². The molecule has 0 aliphatic heterocycles. The van der Waals surface area contributed by atoms with Crippen LogP contribution in [0, 0.1) is 5.92 Å². The van der Waals surface area contributed by atoms with Crippen LogP contribution in [0.25, 0.3) is 0 Å². The second-order valence-corrected chi connectivity index (χ2v) is 4.24. The first kappa shape index (κ1) is 12.3. The van der Waals surface area contributed by atoms with Gasteiger partial charge in [-0.05, 0) is 18.8 Å². The zero-order valence-corrected chi connectivity index (χ0v) is 9.53. The second kappa shape index (κ2) is 7.91. The number of halogens is 1. The Morgan fingerprint density at radius 1 is 0.917 bits per heavy atom. The molecule has 0 aliphatic rings. The van der Waals surface area contributed by atoms with Crippen LogP contribution < -0.4 is 0 Å². The van der Waals surface area contributed by atoms with E-state index < -0.39 is 0 Å². The zero-order valence-electron chi connectivity index (χ0n) is 8.78. The molecule has 0 rings (SSSR count). The van der Waals surface area contributed by atoms with Gasteiger partial charge >= 0.3 is 0 Å². The van der Waals surface area contributed by atoms with Crippen molar-refractivity contribution in [3.8, 4) is 0 Å². The molecular formula is C11H23Cl. The Balaban J connectivity index is 3.28. The minimum Gasteiger partial charge on any atom is -0.123 e. The third-order valence-corrected chi connectivity index (χ3v) is 3.25. The summed E-state index contributed by atoms with van der Waals surface area (Å²) in [5.74, 6) is 0.936. The summed E-state index contributed by atoms with van der Waals surface area (Å²) in [6, 6.07) is 0. The average molecular weight is 191 g/mol. The summed E-state index contributed by atoms with van der Waals surface area (Å²) < 4.78 is 0. The fourth-order valence-corrected chi connectivity index (χ4v) is 1.68. The van der Waals surface area contributed by atoms with Gasteiger partial charge in [-0.15, -0.1) is 11.6 Å². The van der Waals surface area contributed by atoms with E-state index in [1.165, 1.54) is 32.1 Å². The van der Waals surface area contributed by atoms with Crippen LogP contribution in [0.15, 0.2) is 0 Å². The normalized spacial score (nSPS) is 13.8. The Kier molecular flexibility index (Phi) is 8.11. The van der Waals surface area contributed by atoms with Gasteiger partial charge in [-0.1, -0.05) is 46.5 Å². The Labute approximate surface area is 82.7 Å². The van der Waals surface area contributed by atoms with E-state index in [2.05, 4.69) is 20.8 Å². The summed E-state index contributed by atoms with van der Waals surface area (Å²) in [6.45, 7) is 6.73. The van der Waals surface area contributed by atoms with E-state index in [-0.39, 0.29) is 0 Å². The summed E-state index contributed by atoms with van der Waals surface area (Å²) in [5.41, 5.74) is 0. The Bertz CT molecular complexity index is 87.0. The third-order valence-electron chi connectivity index (χ3n) is 2.73. The molecule has 74 valence electrons. The standard InChI is InChI=1S/C11H23Cl/c1-4-10(5-2)8-7-9-11(12)6-3/h10-11H,4-9H2,1-3H3. The molecule has 0 saturated carbocycles. The highest BCUT2D eigenvalue weighted by atomic mass is 35.5. The van der Waals surface area contributed by atoms with Crippen molar-refractivity contribution < 1.29 is 0 Å². The van der Waals surface area contributed by atoms with Gasteiger partial charge in [0.05, 0.1) is 0 Å². The van der Waals surface area contributed by atoms with Crippen molar-refractivity contribution in [1.29, 1.82) is 0 Å². The molecule has 1 atom stereocenters. The Morgan fingerprint density at radius 2 is 1.50 bits per heavy atom. The summed E-state index contributed by atoms with van der Waals surface area (Å²) in [7, 11) is 0. The van der Waals surface area contributed by atoms with Crippen molar-refractivity contribution in [3.63, 3.8) is 0 Å². The molecule has 0 spiro atoms. The van der Waals surface area contributed by atoms with E-state index in [9.17, 15) is 0 Å². The van der Waals surface area contributed by atoms with E-state index in [0.29, 0.717) is 5.38 Å². The molecule has 0 aliphatic carbocycles. The molecule has 0 heterocycles. The van der Waals surface area contributed by atoms with E-state index in [1.807, 2.05) is 0 Å². The van der Waals surface area contributed by atoms with Crippen molar-refractivity contribution in [1.82, 2.24) is 0 Å². The first-order valence-electron chi connectivity index (χ1n) is 5.38. The second-order valence-electron chi connectivity index (χ2n) is 3.62. The highest BCUT2D eigenvalue weighted by Crippen LogP contribution is 2.18. The summed E-state index contributed by atoms with van der Waals surface area (Å²) in [5, 5.41) is 0.416. The van der Waals surface area contributed by atoms with Crippen molar-refractivity contribution in [3.05, 3.63) is 0 Å². The molecule has 1 unspecified atom stereocenters. The van der Waals surface area contributed by atoms with Gasteiger partial charge in [0.1, 0.15) is 0 Å². The first-order valence-corrected chi connectivity index (χ1v) is 5.82. The Morgan fingerprint density at radius 3 is 1.92 bits per heavy atom. The van der Waals surface area contributed by atoms with E-state index in [0.717, 1.165) is 12.3 Å². The van der Waals surface area contributed by atoms with Crippen LogP contribution >= 0.6 is 11.6 Å². The lowest BCUT2D eigenvalue weighted by atomic mass is 9.96. The maximum absolute atomic E-state index is 6.04. The molecule has 0 saturated heterocycles. The molecule has 12 heavy (non-hydrogen) atoms. The molecule has 0 nitrogen and oxygen atoms in total. The average Bonchev–Trinajstić information content (AvgIpc) is 2.12. The molecule has 0 bridgehead atoms. The lowest BCUT2D eigenvalue weighted by Gasteiger charge is -2.12. The fourth-order valence-electron chi connectivity index (χ4n) is 1.53. The van der Waals surface area contributed by atoms with Gasteiger partial charge in [-0.3, -0.25) is 0 Å². The van der Waals surface area contributed by atoms with Gasteiger partial charge in [0.2, 0.25) is 0 Å². The fraction of sp³-hybridized carbons (Fsp3) is 1.00. The summed E-state index contributed by atoms with van der Waals surface area (Å²) in [4.78, 5) is 0. The van der Waals surface area contributed by atoms with E-state index in [1.54, 1.807) is 0 Å². The van der Waals surface area contributed by atoms with Crippen LogP contribution in [0.3, 0.4) is 0 Å². The summed E-state index contributed by atoms with van der Waals surface area (Å²) >= 11 is 6.04. The lowest BCUT2D eigenvalue weighted by molar-refractivity contribution is 0.430.